The Hall–Kier alpha value is -2.11. The van der Waals surface area contributed by atoms with Crippen LogP contribution in [0.4, 0.5) is 11.4 Å². The molecule has 0 spiro atoms. The van der Waals surface area contributed by atoms with Gasteiger partial charge in [-0.25, -0.2) is 0 Å². The summed E-state index contributed by atoms with van der Waals surface area (Å²) in [6.07, 6.45) is 3.14. The second-order valence-electron chi connectivity index (χ2n) is 7.31. The fourth-order valence-electron chi connectivity index (χ4n) is 4.02. The molecule has 1 aromatic carbocycles. The van der Waals surface area contributed by atoms with E-state index in [1.165, 1.54) is 12.5 Å². The number of nitro groups is 1. The molecule has 6 nitrogen and oxygen atoms in total. The summed E-state index contributed by atoms with van der Waals surface area (Å²) in [5.41, 5.74) is 1.06. The molecular formula is C18H25N3O3. The molecule has 2 unspecified atom stereocenters. The minimum Gasteiger partial charge on any atom is -0.371 e. The first-order valence-electron chi connectivity index (χ1n) is 8.78. The smallest absolute Gasteiger partial charge is 0.282 e. The van der Waals surface area contributed by atoms with Crippen molar-refractivity contribution in [2.75, 3.05) is 31.1 Å². The average molecular weight is 331 g/mol. The van der Waals surface area contributed by atoms with Crippen molar-refractivity contribution >= 4 is 17.3 Å². The van der Waals surface area contributed by atoms with E-state index in [0.717, 1.165) is 31.6 Å². The summed E-state index contributed by atoms with van der Waals surface area (Å²) >= 11 is 0. The van der Waals surface area contributed by atoms with Gasteiger partial charge in [0.15, 0.2) is 0 Å². The van der Waals surface area contributed by atoms with Gasteiger partial charge in [0.1, 0.15) is 5.56 Å². The van der Waals surface area contributed by atoms with E-state index in [4.69, 9.17) is 0 Å². The molecule has 1 aromatic rings. The standard InChI is InChI=1S/C18H25N3O3/c1-13-9-14(2)12-20(11-13)15-5-6-17(21(23)24)16(10-15)18(22)19-7-3-4-8-19/h5-6,10,13-14H,3-4,7-9,11-12H2,1-2H3. The van der Waals surface area contributed by atoms with Gasteiger partial charge in [0, 0.05) is 37.9 Å². The minimum atomic E-state index is -0.450. The van der Waals surface area contributed by atoms with Crippen molar-refractivity contribution in [2.45, 2.75) is 33.1 Å². The normalized spacial score (nSPS) is 24.2. The van der Waals surface area contributed by atoms with Crippen molar-refractivity contribution in [3.05, 3.63) is 33.9 Å². The van der Waals surface area contributed by atoms with Crippen LogP contribution in [-0.2, 0) is 0 Å². The first-order chi connectivity index (χ1) is 11.5. The van der Waals surface area contributed by atoms with E-state index in [1.807, 2.05) is 0 Å². The van der Waals surface area contributed by atoms with E-state index >= 15 is 0 Å². The van der Waals surface area contributed by atoms with Gasteiger partial charge in [0.2, 0.25) is 0 Å². The quantitative estimate of drug-likeness (QED) is 0.629. The van der Waals surface area contributed by atoms with Crippen molar-refractivity contribution < 1.29 is 9.72 Å². The molecule has 0 aliphatic carbocycles. The lowest BCUT2D eigenvalue weighted by Crippen LogP contribution is -2.39. The van der Waals surface area contributed by atoms with Crippen LogP contribution in [0.5, 0.6) is 0 Å². The number of hydrogen-bond donors (Lipinski definition) is 0. The third-order valence-electron chi connectivity index (χ3n) is 5.03. The van der Waals surface area contributed by atoms with Crippen LogP contribution in [0.3, 0.4) is 0 Å². The summed E-state index contributed by atoms with van der Waals surface area (Å²) in [6, 6.07) is 5.00. The van der Waals surface area contributed by atoms with Crippen LogP contribution in [0.25, 0.3) is 0 Å². The molecule has 0 radical (unpaired) electrons. The molecule has 0 aromatic heterocycles. The van der Waals surface area contributed by atoms with E-state index in [1.54, 1.807) is 17.0 Å². The highest BCUT2D eigenvalue weighted by molar-refractivity contribution is 5.99. The molecule has 0 saturated carbocycles. The van der Waals surface area contributed by atoms with Crippen LogP contribution in [0.15, 0.2) is 18.2 Å². The van der Waals surface area contributed by atoms with Crippen LogP contribution < -0.4 is 4.90 Å². The molecule has 2 fully saturated rings. The van der Waals surface area contributed by atoms with Gasteiger partial charge >= 0.3 is 0 Å². The average Bonchev–Trinajstić information content (AvgIpc) is 3.07. The van der Waals surface area contributed by atoms with Crippen molar-refractivity contribution in [3.8, 4) is 0 Å². The van der Waals surface area contributed by atoms with Gasteiger partial charge in [-0.2, -0.15) is 0 Å². The predicted octanol–water partition coefficient (Wildman–Crippen LogP) is 3.31. The molecule has 2 heterocycles. The number of nitrogens with zero attached hydrogens (tertiary/aromatic N) is 3. The molecule has 6 heteroatoms. The lowest BCUT2D eigenvalue weighted by Gasteiger charge is -2.36. The third-order valence-corrected chi connectivity index (χ3v) is 5.03. The summed E-state index contributed by atoms with van der Waals surface area (Å²) in [6.45, 7) is 7.70. The zero-order valence-corrected chi connectivity index (χ0v) is 14.4. The molecule has 2 aliphatic heterocycles. The minimum absolute atomic E-state index is 0.0891. The lowest BCUT2D eigenvalue weighted by atomic mass is 9.91. The van der Waals surface area contributed by atoms with Gasteiger partial charge in [-0.3, -0.25) is 14.9 Å². The highest BCUT2D eigenvalue weighted by Gasteiger charge is 2.29. The van der Waals surface area contributed by atoms with Crippen LogP contribution >= 0.6 is 0 Å². The summed E-state index contributed by atoms with van der Waals surface area (Å²) in [5, 5.41) is 11.4. The van der Waals surface area contributed by atoms with Crippen molar-refractivity contribution in [2.24, 2.45) is 11.8 Å². The molecule has 1 amide bonds. The summed E-state index contributed by atoms with van der Waals surface area (Å²) in [5.74, 6) is 0.961. The van der Waals surface area contributed by atoms with E-state index < -0.39 is 4.92 Å². The Morgan fingerprint density at radius 3 is 2.38 bits per heavy atom. The number of benzene rings is 1. The monoisotopic (exact) mass is 331 g/mol. The third kappa shape index (κ3) is 3.37. The number of carbonyl (C=O) groups excluding carboxylic acids is 1. The van der Waals surface area contributed by atoms with Crippen LogP contribution in [-0.4, -0.2) is 41.9 Å². The maximum atomic E-state index is 12.7. The number of anilines is 1. The van der Waals surface area contributed by atoms with Gasteiger partial charge in [-0.1, -0.05) is 13.8 Å². The molecule has 2 atom stereocenters. The van der Waals surface area contributed by atoms with Crippen LogP contribution in [0.2, 0.25) is 0 Å². The van der Waals surface area contributed by atoms with Crippen LogP contribution in [0, 0.1) is 22.0 Å². The summed E-state index contributed by atoms with van der Waals surface area (Å²) < 4.78 is 0. The Balaban J connectivity index is 1.93. The largest absolute Gasteiger partial charge is 0.371 e. The number of nitro benzene ring substituents is 1. The zero-order chi connectivity index (χ0) is 17.3. The van der Waals surface area contributed by atoms with Gasteiger partial charge in [-0.15, -0.1) is 0 Å². The summed E-state index contributed by atoms with van der Waals surface area (Å²) in [7, 11) is 0. The maximum absolute atomic E-state index is 12.7. The molecule has 3 rings (SSSR count). The fraction of sp³-hybridized carbons (Fsp3) is 0.611. The van der Waals surface area contributed by atoms with Crippen molar-refractivity contribution in [1.82, 2.24) is 4.90 Å². The molecule has 0 N–H and O–H groups in total. The maximum Gasteiger partial charge on any atom is 0.282 e. The second kappa shape index (κ2) is 6.79. The summed E-state index contributed by atoms with van der Waals surface area (Å²) in [4.78, 5) is 27.6. The Labute approximate surface area is 142 Å². The topological polar surface area (TPSA) is 66.7 Å². The predicted molar refractivity (Wildman–Crippen MR) is 93.4 cm³/mol. The first-order valence-corrected chi connectivity index (χ1v) is 8.78. The Bertz CT molecular complexity index is 630. The molecular weight excluding hydrogens is 306 g/mol. The molecule has 2 aliphatic rings. The number of amides is 1. The lowest BCUT2D eigenvalue weighted by molar-refractivity contribution is -0.385. The van der Waals surface area contributed by atoms with Gasteiger partial charge in [0.25, 0.3) is 11.6 Å². The van der Waals surface area contributed by atoms with E-state index in [9.17, 15) is 14.9 Å². The van der Waals surface area contributed by atoms with Crippen LogP contribution in [0.1, 0.15) is 43.5 Å². The van der Waals surface area contributed by atoms with Crippen molar-refractivity contribution in [3.63, 3.8) is 0 Å². The Morgan fingerprint density at radius 1 is 1.17 bits per heavy atom. The second-order valence-corrected chi connectivity index (χ2v) is 7.31. The van der Waals surface area contributed by atoms with E-state index in [0.29, 0.717) is 24.9 Å². The number of piperidine rings is 1. The van der Waals surface area contributed by atoms with Crippen molar-refractivity contribution in [1.29, 1.82) is 0 Å². The SMILES string of the molecule is CC1CC(C)CN(c2ccc([N+](=O)[O-])c(C(=O)N3CCCC3)c2)C1. The first kappa shape index (κ1) is 16.7. The zero-order valence-electron chi connectivity index (χ0n) is 14.4. The van der Waals surface area contributed by atoms with E-state index in [-0.39, 0.29) is 17.2 Å². The molecule has 24 heavy (non-hydrogen) atoms. The molecule has 0 bridgehead atoms. The molecule has 130 valence electrons. The highest BCUT2D eigenvalue weighted by Crippen LogP contribution is 2.31. The van der Waals surface area contributed by atoms with E-state index in [2.05, 4.69) is 18.7 Å². The highest BCUT2D eigenvalue weighted by atomic mass is 16.6. The molecule has 2 saturated heterocycles. The van der Waals surface area contributed by atoms with Gasteiger partial charge in [0.05, 0.1) is 4.92 Å². The number of rotatable bonds is 3. The van der Waals surface area contributed by atoms with Gasteiger partial charge < -0.3 is 9.80 Å². The fourth-order valence-corrected chi connectivity index (χ4v) is 4.02. The number of hydrogen-bond acceptors (Lipinski definition) is 4. The number of carbonyl (C=O) groups is 1. The Kier molecular flexibility index (Phi) is 4.73. The Morgan fingerprint density at radius 2 is 1.79 bits per heavy atom. The van der Waals surface area contributed by atoms with Gasteiger partial charge in [-0.05, 0) is 43.2 Å². The number of likely N-dealkylation sites (tertiary alicyclic amines) is 1.